The third-order valence-electron chi connectivity index (χ3n) is 2.69. The average molecular weight is 331 g/mol. The highest BCUT2D eigenvalue weighted by atomic mass is 35.5. The normalized spacial score (nSPS) is 11.6. The third-order valence-corrected chi connectivity index (χ3v) is 4.96. The Labute approximate surface area is 127 Å². The Balaban J connectivity index is 2.25. The van der Waals surface area contributed by atoms with Gasteiger partial charge in [-0.25, -0.2) is 13.1 Å². The molecular weight excluding hydrogens is 319 g/mol. The maximum absolute atomic E-state index is 12.2. The van der Waals surface area contributed by atoms with E-state index in [1.165, 1.54) is 12.1 Å². The average Bonchev–Trinajstić information content (AvgIpc) is 2.42. The first-order chi connectivity index (χ1) is 9.40. The van der Waals surface area contributed by atoms with Crippen molar-refractivity contribution < 1.29 is 8.42 Å². The molecule has 1 aromatic carbocycles. The summed E-state index contributed by atoms with van der Waals surface area (Å²) in [4.78, 5) is 3.94. The van der Waals surface area contributed by atoms with Crippen LogP contribution >= 0.6 is 23.2 Å². The van der Waals surface area contributed by atoms with E-state index in [4.69, 9.17) is 23.2 Å². The van der Waals surface area contributed by atoms with Crippen LogP contribution in [0.3, 0.4) is 0 Å². The quantitative estimate of drug-likeness (QED) is 0.936. The summed E-state index contributed by atoms with van der Waals surface area (Å²) in [5.74, 6) is 0. The lowest BCUT2D eigenvalue weighted by atomic mass is 10.2. The molecule has 0 atom stereocenters. The van der Waals surface area contributed by atoms with Crippen LogP contribution in [-0.2, 0) is 16.6 Å². The van der Waals surface area contributed by atoms with E-state index in [-0.39, 0.29) is 16.5 Å². The predicted molar refractivity (Wildman–Crippen MR) is 79.5 cm³/mol. The highest BCUT2D eigenvalue weighted by Crippen LogP contribution is 2.28. The number of aryl methyl sites for hydroxylation is 1. The highest BCUT2D eigenvalue weighted by Gasteiger charge is 2.19. The number of sulfonamides is 1. The van der Waals surface area contributed by atoms with Crippen molar-refractivity contribution in [3.05, 3.63) is 57.8 Å². The monoisotopic (exact) mass is 330 g/mol. The fraction of sp³-hybridized carbons (Fsp3) is 0.154. The van der Waals surface area contributed by atoms with Gasteiger partial charge in [0.2, 0.25) is 10.0 Å². The number of hydrogen-bond donors (Lipinski definition) is 1. The zero-order valence-corrected chi connectivity index (χ0v) is 12.9. The molecule has 0 aliphatic heterocycles. The number of halogens is 2. The first-order valence-electron chi connectivity index (χ1n) is 5.74. The van der Waals surface area contributed by atoms with Gasteiger partial charge in [-0.2, -0.15) is 0 Å². The molecule has 4 nitrogen and oxygen atoms in total. The Morgan fingerprint density at radius 3 is 2.65 bits per heavy atom. The zero-order chi connectivity index (χ0) is 14.8. The zero-order valence-electron chi connectivity index (χ0n) is 10.6. The Bertz CT molecular complexity index is 719. The van der Waals surface area contributed by atoms with Gasteiger partial charge in [-0.3, -0.25) is 4.98 Å². The number of rotatable bonds is 4. The largest absolute Gasteiger partial charge is 0.264 e. The van der Waals surface area contributed by atoms with Crippen LogP contribution < -0.4 is 4.72 Å². The van der Waals surface area contributed by atoms with Crippen LogP contribution in [0.15, 0.2) is 41.6 Å². The van der Waals surface area contributed by atoms with Gasteiger partial charge >= 0.3 is 0 Å². The molecule has 0 aliphatic rings. The van der Waals surface area contributed by atoms with Gasteiger partial charge in [0.15, 0.2) is 0 Å². The van der Waals surface area contributed by atoms with Crippen LogP contribution in [-0.4, -0.2) is 13.4 Å². The fourth-order valence-corrected chi connectivity index (χ4v) is 3.44. The molecule has 0 fully saturated rings. The Morgan fingerprint density at radius 1 is 1.25 bits per heavy atom. The molecule has 7 heteroatoms. The summed E-state index contributed by atoms with van der Waals surface area (Å²) in [7, 11) is -3.70. The molecule has 1 aromatic heterocycles. The SMILES string of the molecule is Cc1cc(S(=O)(=O)NCc2cccnc2)c(Cl)cc1Cl. The topological polar surface area (TPSA) is 59.1 Å². The van der Waals surface area contributed by atoms with E-state index in [9.17, 15) is 8.42 Å². The number of hydrogen-bond acceptors (Lipinski definition) is 3. The minimum absolute atomic E-state index is 0.0185. The van der Waals surface area contributed by atoms with Crippen molar-refractivity contribution in [2.75, 3.05) is 0 Å². The lowest BCUT2D eigenvalue weighted by Gasteiger charge is -2.10. The van der Waals surface area contributed by atoms with Crippen molar-refractivity contribution in [1.82, 2.24) is 9.71 Å². The van der Waals surface area contributed by atoms with Crippen LogP contribution in [0.2, 0.25) is 10.0 Å². The van der Waals surface area contributed by atoms with E-state index >= 15 is 0 Å². The standard InChI is InChI=1S/C13H12Cl2N2O2S/c1-9-5-13(12(15)6-11(9)14)20(18,19)17-8-10-3-2-4-16-7-10/h2-7,17H,8H2,1H3. The first kappa shape index (κ1) is 15.3. The van der Waals surface area contributed by atoms with Gasteiger partial charge in [0, 0.05) is 24.0 Å². The molecule has 0 amide bonds. The van der Waals surface area contributed by atoms with Crippen LogP contribution in [0.5, 0.6) is 0 Å². The maximum Gasteiger partial charge on any atom is 0.242 e. The molecule has 0 spiro atoms. The van der Waals surface area contributed by atoms with Gasteiger partial charge in [-0.05, 0) is 36.2 Å². The summed E-state index contributed by atoms with van der Waals surface area (Å²) in [5.41, 5.74) is 1.41. The molecule has 1 heterocycles. The molecule has 2 rings (SSSR count). The van der Waals surface area contributed by atoms with Crippen molar-refractivity contribution in [3.63, 3.8) is 0 Å². The molecule has 0 radical (unpaired) electrons. The molecule has 0 bridgehead atoms. The second-order valence-electron chi connectivity index (χ2n) is 4.22. The number of pyridine rings is 1. The van der Waals surface area contributed by atoms with E-state index in [0.29, 0.717) is 10.6 Å². The highest BCUT2D eigenvalue weighted by molar-refractivity contribution is 7.89. The van der Waals surface area contributed by atoms with Crippen molar-refractivity contribution in [2.45, 2.75) is 18.4 Å². The van der Waals surface area contributed by atoms with Crippen molar-refractivity contribution in [2.24, 2.45) is 0 Å². The summed E-state index contributed by atoms with van der Waals surface area (Å²) in [5, 5.41) is 0.528. The van der Waals surface area contributed by atoms with E-state index in [2.05, 4.69) is 9.71 Å². The third kappa shape index (κ3) is 3.49. The van der Waals surface area contributed by atoms with E-state index in [1.54, 1.807) is 31.5 Å². The number of benzene rings is 1. The lowest BCUT2D eigenvalue weighted by molar-refractivity contribution is 0.581. The first-order valence-corrected chi connectivity index (χ1v) is 7.98. The van der Waals surface area contributed by atoms with Gasteiger partial charge in [-0.15, -0.1) is 0 Å². The molecule has 106 valence electrons. The molecule has 0 unspecified atom stereocenters. The van der Waals surface area contributed by atoms with Gasteiger partial charge in [0.25, 0.3) is 0 Å². The summed E-state index contributed by atoms with van der Waals surface area (Å²) in [6, 6.07) is 6.40. The van der Waals surface area contributed by atoms with Crippen molar-refractivity contribution in [1.29, 1.82) is 0 Å². The van der Waals surface area contributed by atoms with Gasteiger partial charge in [0.05, 0.1) is 5.02 Å². The predicted octanol–water partition coefficient (Wildman–Crippen LogP) is 3.18. The molecule has 1 N–H and O–H groups in total. The van der Waals surface area contributed by atoms with Gasteiger partial charge < -0.3 is 0 Å². The Morgan fingerprint density at radius 2 is 2.00 bits per heavy atom. The molecule has 0 saturated carbocycles. The second kappa shape index (κ2) is 6.10. The number of nitrogens with one attached hydrogen (secondary N) is 1. The summed E-state index contributed by atoms with van der Waals surface area (Å²) in [6.45, 7) is 1.87. The van der Waals surface area contributed by atoms with Gasteiger partial charge in [0.1, 0.15) is 4.90 Å². The summed E-state index contributed by atoms with van der Waals surface area (Å²) in [6.07, 6.45) is 3.22. The smallest absolute Gasteiger partial charge is 0.242 e. The van der Waals surface area contributed by atoms with E-state index < -0.39 is 10.0 Å². The van der Waals surface area contributed by atoms with E-state index in [1.807, 2.05) is 0 Å². The minimum atomic E-state index is -3.70. The summed E-state index contributed by atoms with van der Waals surface area (Å²) >= 11 is 11.9. The Hall–Kier alpha value is -1.14. The fourth-order valence-electron chi connectivity index (χ4n) is 1.60. The van der Waals surface area contributed by atoms with E-state index in [0.717, 1.165) is 5.56 Å². The number of nitrogens with zero attached hydrogens (tertiary/aromatic N) is 1. The van der Waals surface area contributed by atoms with Crippen molar-refractivity contribution >= 4 is 33.2 Å². The molecule has 0 aliphatic carbocycles. The molecular formula is C13H12Cl2N2O2S. The van der Waals surface area contributed by atoms with Crippen LogP contribution in [0.1, 0.15) is 11.1 Å². The lowest BCUT2D eigenvalue weighted by Crippen LogP contribution is -2.23. The van der Waals surface area contributed by atoms with Crippen LogP contribution in [0, 0.1) is 6.92 Å². The van der Waals surface area contributed by atoms with Crippen LogP contribution in [0.4, 0.5) is 0 Å². The molecule has 20 heavy (non-hydrogen) atoms. The van der Waals surface area contributed by atoms with Crippen molar-refractivity contribution in [3.8, 4) is 0 Å². The molecule has 2 aromatic rings. The van der Waals surface area contributed by atoms with Crippen LogP contribution in [0.25, 0.3) is 0 Å². The summed E-state index contributed by atoms with van der Waals surface area (Å²) < 4.78 is 26.9. The Kier molecular flexibility index (Phi) is 4.65. The second-order valence-corrected chi connectivity index (χ2v) is 6.77. The number of aromatic nitrogens is 1. The maximum atomic E-state index is 12.2. The molecule has 0 saturated heterocycles. The van der Waals surface area contributed by atoms with Gasteiger partial charge in [-0.1, -0.05) is 29.3 Å². The minimum Gasteiger partial charge on any atom is -0.264 e.